The van der Waals surface area contributed by atoms with Crippen molar-refractivity contribution in [1.82, 2.24) is 15.1 Å². The minimum absolute atomic E-state index is 0.0102. The molecule has 0 aliphatic carbocycles. The van der Waals surface area contributed by atoms with Crippen molar-refractivity contribution in [2.75, 3.05) is 39.3 Å². The van der Waals surface area contributed by atoms with Crippen LogP contribution in [-0.4, -0.2) is 60.3 Å². The standard InChI is InChI=1S/C17H27N3O2/c1-2-9-20(12-13-21)17(22)18-8-11-19-10-7-15-5-3-4-6-16(15)14-19/h3-6,21H,2,7-14H2,1H3,(H,18,22). The molecule has 0 bridgehead atoms. The minimum atomic E-state index is -0.0756. The molecule has 0 saturated heterocycles. The molecule has 2 N–H and O–H groups in total. The Hall–Kier alpha value is -1.59. The Morgan fingerprint density at radius 3 is 2.82 bits per heavy atom. The molecule has 122 valence electrons. The van der Waals surface area contributed by atoms with Crippen LogP contribution in [0, 0.1) is 0 Å². The molecule has 5 heteroatoms. The average Bonchev–Trinajstić information content (AvgIpc) is 2.54. The molecule has 0 radical (unpaired) electrons. The number of nitrogens with zero attached hydrogens (tertiary/aromatic N) is 2. The molecule has 1 aromatic rings. The fourth-order valence-corrected chi connectivity index (χ4v) is 2.88. The van der Waals surface area contributed by atoms with Crippen molar-refractivity contribution in [1.29, 1.82) is 0 Å². The van der Waals surface area contributed by atoms with Crippen LogP contribution < -0.4 is 5.32 Å². The number of benzene rings is 1. The largest absolute Gasteiger partial charge is 0.395 e. The summed E-state index contributed by atoms with van der Waals surface area (Å²) in [6.07, 6.45) is 1.98. The SMILES string of the molecule is CCCN(CCO)C(=O)NCCN1CCc2ccccc2C1. The lowest BCUT2D eigenvalue weighted by Crippen LogP contribution is -2.45. The zero-order chi connectivity index (χ0) is 15.8. The van der Waals surface area contributed by atoms with E-state index in [1.165, 1.54) is 11.1 Å². The fraction of sp³-hybridized carbons (Fsp3) is 0.588. The molecule has 0 fully saturated rings. The molecule has 0 unspecified atom stereocenters. The van der Waals surface area contributed by atoms with Crippen molar-refractivity contribution < 1.29 is 9.90 Å². The van der Waals surface area contributed by atoms with Crippen LogP contribution in [0.15, 0.2) is 24.3 Å². The Balaban J connectivity index is 1.74. The summed E-state index contributed by atoms with van der Waals surface area (Å²) in [6, 6.07) is 8.49. The second-order valence-corrected chi connectivity index (χ2v) is 5.74. The monoisotopic (exact) mass is 305 g/mol. The van der Waals surface area contributed by atoms with Gasteiger partial charge in [-0.15, -0.1) is 0 Å². The smallest absolute Gasteiger partial charge is 0.317 e. The van der Waals surface area contributed by atoms with Gasteiger partial charge in [0.2, 0.25) is 0 Å². The van der Waals surface area contributed by atoms with Gasteiger partial charge in [-0.1, -0.05) is 31.2 Å². The van der Waals surface area contributed by atoms with Crippen molar-refractivity contribution in [2.45, 2.75) is 26.3 Å². The maximum atomic E-state index is 12.0. The number of rotatable bonds is 7. The minimum Gasteiger partial charge on any atom is -0.395 e. The number of carbonyl (C=O) groups excluding carboxylic acids is 1. The molecule has 1 heterocycles. The number of hydrogen-bond donors (Lipinski definition) is 2. The highest BCUT2D eigenvalue weighted by molar-refractivity contribution is 5.74. The predicted octanol–water partition coefficient (Wildman–Crippen LogP) is 1.46. The average molecular weight is 305 g/mol. The molecule has 2 amide bonds. The van der Waals surface area contributed by atoms with Crippen LogP contribution in [0.3, 0.4) is 0 Å². The van der Waals surface area contributed by atoms with E-state index in [4.69, 9.17) is 5.11 Å². The van der Waals surface area contributed by atoms with E-state index in [0.717, 1.165) is 32.5 Å². The van der Waals surface area contributed by atoms with Crippen LogP contribution in [0.25, 0.3) is 0 Å². The van der Waals surface area contributed by atoms with Gasteiger partial charge in [0.15, 0.2) is 0 Å². The van der Waals surface area contributed by atoms with E-state index in [-0.39, 0.29) is 12.6 Å². The van der Waals surface area contributed by atoms with Gasteiger partial charge in [0, 0.05) is 39.3 Å². The molecule has 1 aliphatic rings. The topological polar surface area (TPSA) is 55.8 Å². The third-order valence-corrected chi connectivity index (χ3v) is 4.06. The van der Waals surface area contributed by atoms with Crippen LogP contribution >= 0.6 is 0 Å². The summed E-state index contributed by atoms with van der Waals surface area (Å²) in [6.45, 7) is 6.63. The van der Waals surface area contributed by atoms with Crippen molar-refractivity contribution in [3.63, 3.8) is 0 Å². The van der Waals surface area contributed by atoms with Gasteiger partial charge >= 0.3 is 6.03 Å². The Bertz CT molecular complexity index is 473. The molecule has 0 spiro atoms. The maximum absolute atomic E-state index is 12.0. The molecule has 5 nitrogen and oxygen atoms in total. The van der Waals surface area contributed by atoms with Crippen LogP contribution in [0.1, 0.15) is 24.5 Å². The van der Waals surface area contributed by atoms with Crippen LogP contribution in [0.2, 0.25) is 0 Å². The molecule has 1 aliphatic heterocycles. The van der Waals surface area contributed by atoms with Crippen LogP contribution in [0.4, 0.5) is 4.79 Å². The lowest BCUT2D eigenvalue weighted by Gasteiger charge is -2.29. The molecule has 0 atom stereocenters. The van der Waals surface area contributed by atoms with Crippen LogP contribution in [0.5, 0.6) is 0 Å². The van der Waals surface area contributed by atoms with Gasteiger partial charge < -0.3 is 15.3 Å². The predicted molar refractivity (Wildman–Crippen MR) is 87.8 cm³/mol. The summed E-state index contributed by atoms with van der Waals surface area (Å²) >= 11 is 0. The Morgan fingerprint density at radius 2 is 2.09 bits per heavy atom. The fourth-order valence-electron chi connectivity index (χ4n) is 2.88. The van der Waals surface area contributed by atoms with Gasteiger partial charge in [0.05, 0.1) is 6.61 Å². The quantitative estimate of drug-likeness (QED) is 0.802. The first-order valence-corrected chi connectivity index (χ1v) is 8.17. The normalized spacial score (nSPS) is 14.5. The molecule has 0 saturated carbocycles. The first-order valence-electron chi connectivity index (χ1n) is 8.17. The maximum Gasteiger partial charge on any atom is 0.317 e. The number of fused-ring (bicyclic) bond motifs is 1. The highest BCUT2D eigenvalue weighted by atomic mass is 16.3. The van der Waals surface area contributed by atoms with Gasteiger partial charge in [-0.3, -0.25) is 4.90 Å². The summed E-state index contributed by atoms with van der Waals surface area (Å²) in [7, 11) is 0. The second kappa shape index (κ2) is 8.76. The third kappa shape index (κ3) is 4.71. The lowest BCUT2D eigenvalue weighted by molar-refractivity contribution is 0.174. The van der Waals surface area contributed by atoms with E-state index in [0.29, 0.717) is 19.6 Å². The van der Waals surface area contributed by atoms with Crippen molar-refractivity contribution in [2.24, 2.45) is 0 Å². The number of aliphatic hydroxyl groups excluding tert-OH is 1. The Morgan fingerprint density at radius 1 is 1.32 bits per heavy atom. The molecule has 0 aromatic heterocycles. The van der Waals surface area contributed by atoms with Gasteiger partial charge in [-0.25, -0.2) is 4.79 Å². The lowest BCUT2D eigenvalue weighted by atomic mass is 10.00. The van der Waals surface area contributed by atoms with E-state index >= 15 is 0 Å². The van der Waals surface area contributed by atoms with Gasteiger partial charge in [0.25, 0.3) is 0 Å². The summed E-state index contributed by atoms with van der Waals surface area (Å²) < 4.78 is 0. The van der Waals surface area contributed by atoms with E-state index in [1.54, 1.807) is 4.90 Å². The zero-order valence-electron chi connectivity index (χ0n) is 13.4. The summed E-state index contributed by atoms with van der Waals surface area (Å²) in [5.41, 5.74) is 2.84. The Kier molecular flexibility index (Phi) is 6.68. The first-order chi connectivity index (χ1) is 10.7. The van der Waals surface area contributed by atoms with Crippen molar-refractivity contribution >= 4 is 6.03 Å². The van der Waals surface area contributed by atoms with Gasteiger partial charge in [-0.2, -0.15) is 0 Å². The van der Waals surface area contributed by atoms with Crippen LogP contribution in [-0.2, 0) is 13.0 Å². The number of nitrogens with one attached hydrogen (secondary N) is 1. The van der Waals surface area contributed by atoms with Crippen molar-refractivity contribution in [3.8, 4) is 0 Å². The molecule has 1 aromatic carbocycles. The van der Waals surface area contributed by atoms with E-state index < -0.39 is 0 Å². The summed E-state index contributed by atoms with van der Waals surface area (Å²) in [4.78, 5) is 16.1. The van der Waals surface area contributed by atoms with Gasteiger partial charge in [0.1, 0.15) is 0 Å². The number of urea groups is 1. The van der Waals surface area contributed by atoms with Crippen molar-refractivity contribution in [3.05, 3.63) is 35.4 Å². The number of aliphatic hydroxyl groups is 1. The number of amides is 2. The van der Waals surface area contributed by atoms with E-state index in [2.05, 4.69) is 34.5 Å². The second-order valence-electron chi connectivity index (χ2n) is 5.74. The van der Waals surface area contributed by atoms with E-state index in [9.17, 15) is 4.79 Å². The molecular formula is C17H27N3O2. The summed E-state index contributed by atoms with van der Waals surface area (Å²) in [5, 5.41) is 12.0. The highest BCUT2D eigenvalue weighted by Crippen LogP contribution is 2.17. The summed E-state index contributed by atoms with van der Waals surface area (Å²) in [5.74, 6) is 0. The third-order valence-electron chi connectivity index (χ3n) is 4.06. The highest BCUT2D eigenvalue weighted by Gasteiger charge is 2.16. The molecular weight excluding hydrogens is 278 g/mol. The number of carbonyl (C=O) groups is 1. The Labute approximate surface area is 132 Å². The first kappa shape index (κ1) is 16.8. The molecule has 22 heavy (non-hydrogen) atoms. The van der Waals surface area contributed by atoms with Gasteiger partial charge in [-0.05, 0) is 24.0 Å². The zero-order valence-corrected chi connectivity index (χ0v) is 13.4. The van der Waals surface area contributed by atoms with E-state index in [1.807, 2.05) is 6.92 Å². The molecule has 2 rings (SSSR count). The number of hydrogen-bond acceptors (Lipinski definition) is 3.